The van der Waals surface area contributed by atoms with Crippen LogP contribution < -0.4 is 10.2 Å². The summed E-state index contributed by atoms with van der Waals surface area (Å²) < 4.78 is 11.8. The van der Waals surface area contributed by atoms with Gasteiger partial charge in [0.05, 0.1) is 6.10 Å². The molecule has 1 aromatic heterocycles. The standard InChI is InChI=1S/C25H24O6/c1-25(12-14-6-7-15-4-2-3-5-16(15)8-14)22(28)10-18-20(31-25)11-21-23(24(18)29)19(27)9-17(13-26)30-21/h2-5,8-9,11,22,26,28-29H,6-7,10,12-13H2,1H3. The Morgan fingerprint density at radius 1 is 1.19 bits per heavy atom. The summed E-state index contributed by atoms with van der Waals surface area (Å²) in [6, 6.07) is 11.0. The van der Waals surface area contributed by atoms with Crippen LogP contribution in [0, 0.1) is 0 Å². The quantitative estimate of drug-likeness (QED) is 0.600. The Bertz CT molecular complexity index is 1270. The molecule has 2 aliphatic rings. The summed E-state index contributed by atoms with van der Waals surface area (Å²) in [6.45, 7) is 1.44. The third-order valence-corrected chi connectivity index (χ3v) is 6.42. The topological polar surface area (TPSA) is 100 Å². The minimum atomic E-state index is -0.889. The highest BCUT2D eigenvalue weighted by molar-refractivity contribution is 5.87. The molecule has 31 heavy (non-hydrogen) atoms. The average molecular weight is 420 g/mol. The second-order valence-electron chi connectivity index (χ2n) is 8.62. The number of aliphatic hydroxyl groups is 2. The third kappa shape index (κ3) is 3.32. The molecule has 5 rings (SSSR count). The molecule has 2 heterocycles. The highest BCUT2D eigenvalue weighted by atomic mass is 16.5. The molecule has 2 unspecified atom stereocenters. The Balaban J connectivity index is 1.53. The van der Waals surface area contributed by atoms with Crippen molar-refractivity contribution in [2.45, 2.75) is 50.9 Å². The third-order valence-electron chi connectivity index (χ3n) is 6.42. The monoisotopic (exact) mass is 420 g/mol. The molecular weight excluding hydrogens is 396 g/mol. The molecule has 0 amide bonds. The number of hydrogen-bond donors (Lipinski definition) is 3. The van der Waals surface area contributed by atoms with Gasteiger partial charge in [0, 0.05) is 30.5 Å². The fraction of sp³-hybridized carbons (Fsp3) is 0.320. The van der Waals surface area contributed by atoms with Crippen molar-refractivity contribution in [3.63, 3.8) is 0 Å². The molecule has 1 aliphatic carbocycles. The lowest BCUT2D eigenvalue weighted by Crippen LogP contribution is -2.49. The zero-order valence-electron chi connectivity index (χ0n) is 17.2. The van der Waals surface area contributed by atoms with E-state index in [0.29, 0.717) is 17.7 Å². The summed E-state index contributed by atoms with van der Waals surface area (Å²) in [5.41, 5.74) is 2.92. The maximum absolute atomic E-state index is 12.4. The van der Waals surface area contributed by atoms with E-state index in [9.17, 15) is 20.1 Å². The number of benzene rings is 2. The van der Waals surface area contributed by atoms with E-state index in [1.165, 1.54) is 16.7 Å². The normalized spacial score (nSPS) is 22.4. The molecule has 3 N–H and O–H groups in total. The second kappa shape index (κ2) is 7.25. The lowest BCUT2D eigenvalue weighted by Gasteiger charge is -2.41. The molecule has 2 aromatic carbocycles. The minimum absolute atomic E-state index is 0.0296. The average Bonchev–Trinajstić information content (AvgIpc) is 2.75. The van der Waals surface area contributed by atoms with Gasteiger partial charge in [-0.1, -0.05) is 35.9 Å². The van der Waals surface area contributed by atoms with Crippen LogP contribution in [0.1, 0.15) is 42.2 Å². The van der Waals surface area contributed by atoms with Crippen molar-refractivity contribution in [2.75, 3.05) is 0 Å². The first-order valence-electron chi connectivity index (χ1n) is 10.4. The van der Waals surface area contributed by atoms with E-state index in [4.69, 9.17) is 9.15 Å². The Kier molecular flexibility index (Phi) is 4.64. The summed E-state index contributed by atoms with van der Waals surface area (Å²) in [5.74, 6) is 0.256. The van der Waals surface area contributed by atoms with Crippen molar-refractivity contribution < 1.29 is 24.5 Å². The SMILES string of the molecule is CC1(CC2=Cc3ccccc3CC2)Oc2cc3oc(CO)cc(=O)c3c(O)c2CC1O. The van der Waals surface area contributed by atoms with Crippen molar-refractivity contribution in [2.24, 2.45) is 0 Å². The summed E-state index contributed by atoms with van der Waals surface area (Å²) in [7, 11) is 0. The molecule has 0 radical (unpaired) electrons. The number of phenolic OH excluding ortho intramolecular Hbond substituents is 1. The van der Waals surface area contributed by atoms with E-state index < -0.39 is 23.7 Å². The van der Waals surface area contributed by atoms with E-state index in [2.05, 4.69) is 18.2 Å². The van der Waals surface area contributed by atoms with E-state index in [-0.39, 0.29) is 28.9 Å². The molecule has 2 atom stereocenters. The number of fused-ring (bicyclic) bond motifs is 3. The van der Waals surface area contributed by atoms with Crippen LogP contribution in [0.4, 0.5) is 0 Å². The fourth-order valence-corrected chi connectivity index (χ4v) is 4.70. The van der Waals surface area contributed by atoms with Gasteiger partial charge < -0.3 is 24.5 Å². The molecule has 1 aliphatic heterocycles. The molecule has 3 aromatic rings. The predicted molar refractivity (Wildman–Crippen MR) is 116 cm³/mol. The summed E-state index contributed by atoms with van der Waals surface area (Å²) in [5, 5.41) is 31.0. The summed E-state index contributed by atoms with van der Waals surface area (Å²) >= 11 is 0. The lowest BCUT2D eigenvalue weighted by atomic mass is 9.80. The van der Waals surface area contributed by atoms with E-state index >= 15 is 0 Å². The smallest absolute Gasteiger partial charge is 0.196 e. The van der Waals surface area contributed by atoms with Crippen molar-refractivity contribution >= 4 is 17.0 Å². The van der Waals surface area contributed by atoms with Crippen LogP contribution in [0.2, 0.25) is 0 Å². The van der Waals surface area contributed by atoms with Crippen molar-refractivity contribution in [1.29, 1.82) is 0 Å². The zero-order valence-corrected chi connectivity index (χ0v) is 17.2. The fourth-order valence-electron chi connectivity index (χ4n) is 4.70. The van der Waals surface area contributed by atoms with Crippen LogP contribution in [-0.4, -0.2) is 27.0 Å². The van der Waals surface area contributed by atoms with Crippen molar-refractivity contribution in [3.05, 3.63) is 74.6 Å². The molecular formula is C25H24O6. The number of aromatic hydroxyl groups is 1. The predicted octanol–water partition coefficient (Wildman–Crippen LogP) is 3.47. The number of rotatable bonds is 3. The molecule has 6 heteroatoms. The van der Waals surface area contributed by atoms with Gasteiger partial charge in [0.1, 0.15) is 40.4 Å². The number of aryl methyl sites for hydroxylation is 1. The maximum Gasteiger partial charge on any atom is 0.196 e. The lowest BCUT2D eigenvalue weighted by molar-refractivity contribution is -0.0543. The van der Waals surface area contributed by atoms with E-state index in [1.807, 2.05) is 19.1 Å². The Morgan fingerprint density at radius 2 is 2.00 bits per heavy atom. The van der Waals surface area contributed by atoms with Crippen LogP contribution in [0.5, 0.6) is 11.5 Å². The number of ether oxygens (including phenoxy) is 1. The minimum Gasteiger partial charge on any atom is -0.507 e. The zero-order chi connectivity index (χ0) is 21.8. The van der Waals surface area contributed by atoms with Crippen LogP contribution in [0.3, 0.4) is 0 Å². The maximum atomic E-state index is 12.4. The van der Waals surface area contributed by atoms with Crippen LogP contribution in [0.25, 0.3) is 17.0 Å². The molecule has 160 valence electrons. The van der Waals surface area contributed by atoms with Gasteiger partial charge in [-0.2, -0.15) is 0 Å². The molecule has 6 nitrogen and oxygen atoms in total. The molecule has 0 saturated carbocycles. The van der Waals surface area contributed by atoms with Gasteiger partial charge in [0.25, 0.3) is 0 Å². The largest absolute Gasteiger partial charge is 0.507 e. The molecule has 0 spiro atoms. The van der Waals surface area contributed by atoms with Gasteiger partial charge in [-0.15, -0.1) is 0 Å². The number of hydrogen-bond acceptors (Lipinski definition) is 6. The van der Waals surface area contributed by atoms with E-state index in [0.717, 1.165) is 18.9 Å². The van der Waals surface area contributed by atoms with Crippen molar-refractivity contribution in [3.8, 4) is 11.5 Å². The number of aliphatic hydroxyl groups excluding tert-OH is 2. The van der Waals surface area contributed by atoms with Crippen LogP contribution in [-0.2, 0) is 19.4 Å². The summed E-state index contributed by atoms with van der Waals surface area (Å²) in [6.07, 6.45) is 3.86. The van der Waals surface area contributed by atoms with Gasteiger partial charge in [0.15, 0.2) is 5.43 Å². The van der Waals surface area contributed by atoms with Gasteiger partial charge >= 0.3 is 0 Å². The van der Waals surface area contributed by atoms with E-state index in [1.54, 1.807) is 6.07 Å². The number of phenols is 1. The van der Waals surface area contributed by atoms with Gasteiger partial charge in [-0.05, 0) is 30.9 Å². The Labute approximate surface area is 179 Å². The highest BCUT2D eigenvalue weighted by Gasteiger charge is 2.42. The molecule has 0 fully saturated rings. The molecule has 0 bridgehead atoms. The van der Waals surface area contributed by atoms with Gasteiger partial charge in [-0.25, -0.2) is 0 Å². The first-order chi connectivity index (χ1) is 14.9. The summed E-state index contributed by atoms with van der Waals surface area (Å²) in [4.78, 5) is 12.4. The second-order valence-corrected chi connectivity index (χ2v) is 8.62. The van der Waals surface area contributed by atoms with Crippen LogP contribution >= 0.6 is 0 Å². The van der Waals surface area contributed by atoms with Crippen molar-refractivity contribution in [1.82, 2.24) is 0 Å². The Morgan fingerprint density at radius 3 is 2.81 bits per heavy atom. The highest BCUT2D eigenvalue weighted by Crippen LogP contribution is 2.44. The molecule has 0 saturated heterocycles. The first kappa shape index (κ1) is 19.8. The Hall–Kier alpha value is -3.09. The van der Waals surface area contributed by atoms with Gasteiger partial charge in [0.2, 0.25) is 0 Å². The first-order valence-corrected chi connectivity index (χ1v) is 10.4. The van der Waals surface area contributed by atoms with Crippen LogP contribution in [0.15, 0.2) is 51.2 Å². The van der Waals surface area contributed by atoms with Gasteiger partial charge in [-0.3, -0.25) is 4.79 Å².